The van der Waals surface area contributed by atoms with Gasteiger partial charge in [-0.05, 0) is 36.1 Å². The molecule has 3 heteroatoms. The van der Waals surface area contributed by atoms with E-state index < -0.39 is 0 Å². The molecule has 0 saturated carbocycles. The summed E-state index contributed by atoms with van der Waals surface area (Å²) in [6.45, 7) is 0. The van der Waals surface area contributed by atoms with Crippen LogP contribution in [0.15, 0.2) is 41.1 Å². The van der Waals surface area contributed by atoms with E-state index in [0.717, 1.165) is 12.1 Å². The van der Waals surface area contributed by atoms with Crippen LogP contribution in [0.5, 0.6) is 0 Å². The van der Waals surface area contributed by atoms with Gasteiger partial charge in [-0.25, -0.2) is 0 Å². The topological polar surface area (TPSA) is 38.0 Å². The Morgan fingerprint density at radius 1 is 1.56 bits per heavy atom. The summed E-state index contributed by atoms with van der Waals surface area (Å²) >= 11 is 1.96. The van der Waals surface area contributed by atoms with Crippen LogP contribution >= 0.6 is 11.8 Å². The minimum absolute atomic E-state index is 0.611. The average molecular weight is 234 g/mol. The Morgan fingerprint density at radius 2 is 2.38 bits per heavy atom. The molecule has 0 spiro atoms. The summed E-state index contributed by atoms with van der Waals surface area (Å²) in [6, 6.07) is 8.71. The normalized spacial score (nSPS) is 20.3. The number of nitrogens with one attached hydrogen (secondary N) is 1. The molecule has 2 nitrogen and oxygen atoms in total. The van der Waals surface area contributed by atoms with Gasteiger partial charge in [-0.15, -0.1) is 11.8 Å². The van der Waals surface area contributed by atoms with Gasteiger partial charge in [0.05, 0.1) is 0 Å². The molecule has 0 radical (unpaired) electrons. The molecular formula is C13H18N2S. The highest BCUT2D eigenvalue weighted by Crippen LogP contribution is 2.39. The monoisotopic (exact) mass is 234 g/mol. The lowest BCUT2D eigenvalue weighted by atomic mass is 9.91. The molecule has 1 aromatic rings. The Hall–Kier alpha value is -1.09. The summed E-state index contributed by atoms with van der Waals surface area (Å²) in [5, 5.41) is 3.16. The van der Waals surface area contributed by atoms with Crippen LogP contribution < -0.4 is 11.1 Å². The first-order chi connectivity index (χ1) is 7.85. The van der Waals surface area contributed by atoms with Crippen molar-refractivity contribution in [2.45, 2.75) is 23.7 Å². The average Bonchev–Trinajstić information content (AvgIpc) is 2.36. The Bertz CT molecular complexity index is 387. The molecule has 16 heavy (non-hydrogen) atoms. The lowest BCUT2D eigenvalue weighted by Gasteiger charge is -2.25. The number of fused-ring (bicyclic) bond motifs is 1. The third-order valence-electron chi connectivity index (χ3n) is 3.07. The van der Waals surface area contributed by atoms with Crippen molar-refractivity contribution in [2.24, 2.45) is 5.73 Å². The molecule has 0 saturated heterocycles. The quantitative estimate of drug-likeness (QED) is 0.844. The van der Waals surface area contributed by atoms with E-state index in [0.29, 0.717) is 5.92 Å². The molecule has 1 unspecified atom stereocenters. The SMILES string of the molecule is CN/C(=C\N)CC1CCSc2ccccc21. The molecule has 0 aliphatic carbocycles. The predicted octanol–water partition coefficient (Wildman–Crippen LogP) is 2.68. The molecule has 0 aromatic heterocycles. The first-order valence-electron chi connectivity index (χ1n) is 5.65. The molecule has 0 amide bonds. The van der Waals surface area contributed by atoms with Gasteiger partial charge < -0.3 is 11.1 Å². The van der Waals surface area contributed by atoms with Crippen molar-refractivity contribution in [3.8, 4) is 0 Å². The number of rotatable bonds is 3. The predicted molar refractivity (Wildman–Crippen MR) is 70.5 cm³/mol. The van der Waals surface area contributed by atoms with Crippen LogP contribution in [0.4, 0.5) is 0 Å². The largest absolute Gasteiger partial charge is 0.403 e. The van der Waals surface area contributed by atoms with Crippen molar-refractivity contribution >= 4 is 11.8 Å². The van der Waals surface area contributed by atoms with Crippen LogP contribution in [0.2, 0.25) is 0 Å². The molecule has 1 atom stereocenters. The third kappa shape index (κ3) is 2.35. The number of hydrogen-bond donors (Lipinski definition) is 2. The standard InChI is InChI=1S/C13H18N2S/c1-15-11(9-14)8-10-6-7-16-13-5-3-2-4-12(10)13/h2-5,9-10,15H,6-8,14H2,1H3/b11-9-. The van der Waals surface area contributed by atoms with Crippen molar-refractivity contribution in [1.29, 1.82) is 0 Å². The molecule has 1 aliphatic rings. The van der Waals surface area contributed by atoms with E-state index >= 15 is 0 Å². The Balaban J connectivity index is 2.19. The second-order valence-electron chi connectivity index (χ2n) is 4.02. The van der Waals surface area contributed by atoms with Gasteiger partial charge in [0.15, 0.2) is 0 Å². The van der Waals surface area contributed by atoms with E-state index in [1.807, 2.05) is 18.8 Å². The highest BCUT2D eigenvalue weighted by molar-refractivity contribution is 7.99. The maximum Gasteiger partial charge on any atom is 0.0267 e. The summed E-state index contributed by atoms with van der Waals surface area (Å²) in [4.78, 5) is 1.44. The van der Waals surface area contributed by atoms with Crippen LogP contribution in [0.25, 0.3) is 0 Å². The molecule has 3 N–H and O–H groups in total. The van der Waals surface area contributed by atoms with Gasteiger partial charge in [0.2, 0.25) is 0 Å². The van der Waals surface area contributed by atoms with E-state index in [1.165, 1.54) is 22.6 Å². The first-order valence-corrected chi connectivity index (χ1v) is 6.64. The molecule has 0 bridgehead atoms. The fraction of sp³-hybridized carbons (Fsp3) is 0.385. The van der Waals surface area contributed by atoms with Gasteiger partial charge in [0.25, 0.3) is 0 Å². The fourth-order valence-electron chi connectivity index (χ4n) is 2.15. The van der Waals surface area contributed by atoms with Crippen molar-refractivity contribution < 1.29 is 0 Å². The van der Waals surface area contributed by atoms with Crippen molar-refractivity contribution in [2.75, 3.05) is 12.8 Å². The summed E-state index contributed by atoms with van der Waals surface area (Å²) < 4.78 is 0. The van der Waals surface area contributed by atoms with Gasteiger partial charge in [-0.2, -0.15) is 0 Å². The number of benzene rings is 1. The van der Waals surface area contributed by atoms with Gasteiger partial charge in [0.1, 0.15) is 0 Å². The zero-order valence-electron chi connectivity index (χ0n) is 9.57. The van der Waals surface area contributed by atoms with E-state index in [9.17, 15) is 0 Å². The van der Waals surface area contributed by atoms with E-state index in [4.69, 9.17) is 5.73 Å². The van der Waals surface area contributed by atoms with Crippen LogP contribution in [0, 0.1) is 0 Å². The summed E-state index contributed by atoms with van der Waals surface area (Å²) in [7, 11) is 1.93. The van der Waals surface area contributed by atoms with Crippen molar-refractivity contribution in [3.05, 3.63) is 41.7 Å². The van der Waals surface area contributed by atoms with Gasteiger partial charge in [-0.1, -0.05) is 18.2 Å². The summed E-state index contributed by atoms with van der Waals surface area (Å²) in [6.07, 6.45) is 3.94. The lowest BCUT2D eigenvalue weighted by molar-refractivity contribution is 0.619. The molecule has 0 fully saturated rings. The third-order valence-corrected chi connectivity index (χ3v) is 4.19. The first kappa shape index (κ1) is 11.4. The van der Waals surface area contributed by atoms with Crippen molar-refractivity contribution in [3.63, 3.8) is 0 Å². The zero-order chi connectivity index (χ0) is 11.4. The number of nitrogens with two attached hydrogens (primary N) is 1. The van der Waals surface area contributed by atoms with E-state index in [1.54, 1.807) is 6.20 Å². The Kier molecular flexibility index (Phi) is 3.78. The lowest BCUT2D eigenvalue weighted by Crippen LogP contribution is -2.15. The van der Waals surface area contributed by atoms with Crippen LogP contribution in [0.3, 0.4) is 0 Å². The van der Waals surface area contributed by atoms with Gasteiger partial charge in [-0.3, -0.25) is 0 Å². The maximum atomic E-state index is 5.59. The highest BCUT2D eigenvalue weighted by Gasteiger charge is 2.20. The molecule has 1 heterocycles. The molecule has 86 valence electrons. The minimum Gasteiger partial charge on any atom is -0.403 e. The van der Waals surface area contributed by atoms with Crippen LogP contribution in [-0.2, 0) is 0 Å². The fourth-order valence-corrected chi connectivity index (χ4v) is 3.35. The highest BCUT2D eigenvalue weighted by atomic mass is 32.2. The number of allylic oxidation sites excluding steroid dienone is 1. The van der Waals surface area contributed by atoms with Crippen molar-refractivity contribution in [1.82, 2.24) is 5.32 Å². The summed E-state index contributed by atoms with van der Waals surface area (Å²) in [5.74, 6) is 1.82. The van der Waals surface area contributed by atoms with E-state index in [2.05, 4.69) is 29.6 Å². The number of thioether (sulfide) groups is 1. The second kappa shape index (κ2) is 5.30. The summed E-state index contributed by atoms with van der Waals surface area (Å²) in [5.41, 5.74) is 8.20. The molecule has 1 aromatic carbocycles. The van der Waals surface area contributed by atoms with Crippen LogP contribution in [-0.4, -0.2) is 12.8 Å². The Labute approximate surface area is 101 Å². The smallest absolute Gasteiger partial charge is 0.0267 e. The molecular weight excluding hydrogens is 216 g/mol. The number of hydrogen-bond acceptors (Lipinski definition) is 3. The minimum atomic E-state index is 0.611. The maximum absolute atomic E-state index is 5.59. The second-order valence-corrected chi connectivity index (χ2v) is 5.15. The van der Waals surface area contributed by atoms with Crippen LogP contribution in [0.1, 0.15) is 24.3 Å². The Morgan fingerprint density at radius 3 is 3.12 bits per heavy atom. The molecule has 2 rings (SSSR count). The van der Waals surface area contributed by atoms with E-state index in [-0.39, 0.29) is 0 Å². The zero-order valence-corrected chi connectivity index (χ0v) is 10.4. The molecule has 1 aliphatic heterocycles. The van der Waals surface area contributed by atoms with Gasteiger partial charge >= 0.3 is 0 Å². The van der Waals surface area contributed by atoms with Gasteiger partial charge in [0, 0.05) is 23.8 Å².